The lowest BCUT2D eigenvalue weighted by atomic mass is 9.85. The molecule has 0 aromatic heterocycles. The fourth-order valence-electron chi connectivity index (χ4n) is 2.69. The van der Waals surface area contributed by atoms with E-state index in [0.717, 1.165) is 0 Å². The summed E-state index contributed by atoms with van der Waals surface area (Å²) in [4.78, 5) is 37.9. The second kappa shape index (κ2) is 7.59. The van der Waals surface area contributed by atoms with Crippen LogP contribution in [0.15, 0.2) is 0 Å². The summed E-state index contributed by atoms with van der Waals surface area (Å²) in [5, 5.41) is 12.0. The summed E-state index contributed by atoms with van der Waals surface area (Å²) >= 11 is 0. The second-order valence-corrected chi connectivity index (χ2v) is 8.38. The molecular formula is C17H30N2O6. The zero-order valence-corrected chi connectivity index (χ0v) is 16.1. The molecule has 0 spiro atoms. The maximum Gasteiger partial charge on any atom is 0.408 e. The second-order valence-electron chi connectivity index (χ2n) is 8.38. The quantitative estimate of drug-likeness (QED) is 0.791. The molecule has 1 rings (SSSR count). The normalized spacial score (nSPS) is 22.4. The van der Waals surface area contributed by atoms with E-state index in [0.29, 0.717) is 0 Å². The Morgan fingerprint density at radius 2 is 1.72 bits per heavy atom. The van der Waals surface area contributed by atoms with E-state index in [1.807, 2.05) is 0 Å². The smallest absolute Gasteiger partial charge is 0.408 e. The Bertz CT molecular complexity index is 520. The molecule has 0 aliphatic carbocycles. The molecule has 8 nitrogen and oxygen atoms in total. The summed E-state index contributed by atoms with van der Waals surface area (Å²) in [6.07, 6.45) is -0.830. The average molecular weight is 358 g/mol. The molecule has 0 aromatic carbocycles. The summed E-state index contributed by atoms with van der Waals surface area (Å²) in [7, 11) is 1.48. The van der Waals surface area contributed by atoms with E-state index in [1.165, 1.54) is 12.0 Å². The number of amides is 2. The number of nitrogens with one attached hydrogen (secondary N) is 1. The van der Waals surface area contributed by atoms with Crippen molar-refractivity contribution in [3.8, 4) is 0 Å². The molecule has 2 amide bonds. The van der Waals surface area contributed by atoms with Crippen molar-refractivity contribution >= 4 is 18.0 Å². The minimum absolute atomic E-state index is 0.175. The highest BCUT2D eigenvalue weighted by atomic mass is 16.6. The maximum absolute atomic E-state index is 13.0. The number of rotatable bonds is 4. The predicted molar refractivity (Wildman–Crippen MR) is 91.2 cm³/mol. The highest BCUT2D eigenvalue weighted by molar-refractivity contribution is 5.90. The van der Waals surface area contributed by atoms with Crippen molar-refractivity contribution in [2.24, 2.45) is 5.41 Å². The van der Waals surface area contributed by atoms with Crippen LogP contribution in [0.1, 0.15) is 48.0 Å². The number of carbonyl (C=O) groups excluding carboxylic acids is 2. The molecule has 1 heterocycles. The van der Waals surface area contributed by atoms with Gasteiger partial charge in [-0.15, -0.1) is 0 Å². The van der Waals surface area contributed by atoms with Crippen molar-refractivity contribution in [2.45, 2.75) is 71.8 Å². The van der Waals surface area contributed by atoms with Gasteiger partial charge >= 0.3 is 12.1 Å². The largest absolute Gasteiger partial charge is 0.480 e. The lowest BCUT2D eigenvalue weighted by Crippen LogP contribution is -2.57. The number of ether oxygens (including phenoxy) is 2. The molecule has 2 N–H and O–H groups in total. The molecule has 1 saturated heterocycles. The molecule has 25 heavy (non-hydrogen) atoms. The highest BCUT2D eigenvalue weighted by Crippen LogP contribution is 2.27. The summed E-state index contributed by atoms with van der Waals surface area (Å²) < 4.78 is 10.4. The highest BCUT2D eigenvalue weighted by Gasteiger charge is 2.45. The van der Waals surface area contributed by atoms with Crippen LogP contribution >= 0.6 is 0 Å². The fourth-order valence-corrected chi connectivity index (χ4v) is 2.69. The van der Waals surface area contributed by atoms with Gasteiger partial charge in [-0.05, 0) is 26.2 Å². The monoisotopic (exact) mass is 358 g/mol. The van der Waals surface area contributed by atoms with Gasteiger partial charge in [0.15, 0.2) is 0 Å². The molecule has 0 bridgehead atoms. The van der Waals surface area contributed by atoms with E-state index < -0.39 is 41.1 Å². The minimum Gasteiger partial charge on any atom is -0.480 e. The van der Waals surface area contributed by atoms with Crippen LogP contribution in [-0.2, 0) is 19.1 Å². The van der Waals surface area contributed by atoms with Gasteiger partial charge in [0.05, 0.1) is 6.10 Å². The Morgan fingerprint density at radius 1 is 1.16 bits per heavy atom. The van der Waals surface area contributed by atoms with Gasteiger partial charge in [0.2, 0.25) is 5.91 Å². The predicted octanol–water partition coefficient (Wildman–Crippen LogP) is 1.63. The first kappa shape index (κ1) is 21.2. The molecule has 0 aromatic rings. The van der Waals surface area contributed by atoms with E-state index in [1.54, 1.807) is 41.5 Å². The van der Waals surface area contributed by atoms with Gasteiger partial charge in [-0.25, -0.2) is 9.59 Å². The Kier molecular flexibility index (Phi) is 6.44. The van der Waals surface area contributed by atoms with Crippen molar-refractivity contribution in [1.29, 1.82) is 0 Å². The first-order valence-electron chi connectivity index (χ1n) is 8.32. The Balaban J connectivity index is 3.00. The molecule has 3 atom stereocenters. The Hall–Kier alpha value is -1.83. The summed E-state index contributed by atoms with van der Waals surface area (Å²) in [6, 6.07) is -1.89. The standard InChI is InChI=1S/C17H30N2O6/c1-16(2,3)12(18-15(23)25-17(4,5)6)13(20)19-9-10(24-7)8-11(19)14(21)22/h10-12H,8-9H2,1-7H3,(H,18,23)(H,21,22)/t10-,11+,12?/m0/s1. The van der Waals surface area contributed by atoms with Crippen LogP contribution in [0, 0.1) is 5.41 Å². The number of alkyl carbamates (subject to hydrolysis) is 1. The van der Waals surface area contributed by atoms with Crippen LogP contribution in [0.5, 0.6) is 0 Å². The van der Waals surface area contributed by atoms with Crippen molar-refractivity contribution in [3.63, 3.8) is 0 Å². The first-order valence-corrected chi connectivity index (χ1v) is 8.32. The topological polar surface area (TPSA) is 105 Å². The van der Waals surface area contributed by atoms with Crippen LogP contribution in [-0.4, -0.2) is 65.4 Å². The van der Waals surface area contributed by atoms with Crippen molar-refractivity contribution in [3.05, 3.63) is 0 Å². The first-order chi connectivity index (χ1) is 11.3. The van der Waals surface area contributed by atoms with Crippen LogP contribution in [0.25, 0.3) is 0 Å². The molecule has 0 saturated carbocycles. The third-order valence-electron chi connectivity index (χ3n) is 3.94. The fraction of sp³-hybridized carbons (Fsp3) is 0.824. The van der Waals surface area contributed by atoms with Gasteiger partial charge in [0.1, 0.15) is 17.7 Å². The van der Waals surface area contributed by atoms with E-state index in [2.05, 4.69) is 5.32 Å². The lowest BCUT2D eigenvalue weighted by molar-refractivity contribution is -0.150. The summed E-state index contributed by atoms with van der Waals surface area (Å²) in [5.41, 5.74) is -1.32. The summed E-state index contributed by atoms with van der Waals surface area (Å²) in [5.74, 6) is -1.54. The van der Waals surface area contributed by atoms with Crippen LogP contribution in [0.2, 0.25) is 0 Å². The van der Waals surface area contributed by atoms with Crippen molar-refractivity contribution in [2.75, 3.05) is 13.7 Å². The molecule has 1 aliphatic heterocycles. The van der Waals surface area contributed by atoms with Crippen LogP contribution < -0.4 is 5.32 Å². The number of likely N-dealkylation sites (tertiary alicyclic amines) is 1. The molecule has 0 radical (unpaired) electrons. The number of hydrogen-bond acceptors (Lipinski definition) is 5. The number of carboxylic acid groups (broad SMARTS) is 1. The zero-order chi connectivity index (χ0) is 19.6. The number of carboxylic acids is 1. The third kappa shape index (κ3) is 5.88. The molecule has 144 valence electrons. The van der Waals surface area contributed by atoms with Gasteiger partial charge in [-0.3, -0.25) is 4.79 Å². The molecular weight excluding hydrogens is 328 g/mol. The molecule has 8 heteroatoms. The van der Waals surface area contributed by atoms with Gasteiger partial charge < -0.3 is 24.8 Å². The third-order valence-corrected chi connectivity index (χ3v) is 3.94. The number of aliphatic carboxylic acids is 1. The van der Waals surface area contributed by atoms with Gasteiger partial charge in [-0.2, -0.15) is 0 Å². The lowest BCUT2D eigenvalue weighted by Gasteiger charge is -2.35. The van der Waals surface area contributed by atoms with Gasteiger partial charge in [0.25, 0.3) is 0 Å². The molecule has 1 fully saturated rings. The van der Waals surface area contributed by atoms with Crippen molar-refractivity contribution in [1.82, 2.24) is 10.2 Å². The average Bonchev–Trinajstić information content (AvgIpc) is 2.85. The number of hydrogen-bond donors (Lipinski definition) is 2. The van der Waals surface area contributed by atoms with E-state index in [-0.39, 0.29) is 19.1 Å². The van der Waals surface area contributed by atoms with E-state index >= 15 is 0 Å². The minimum atomic E-state index is -1.09. The van der Waals surface area contributed by atoms with E-state index in [4.69, 9.17) is 9.47 Å². The maximum atomic E-state index is 13.0. The number of nitrogens with zero attached hydrogens (tertiary/aromatic N) is 1. The van der Waals surface area contributed by atoms with Crippen LogP contribution in [0.3, 0.4) is 0 Å². The SMILES string of the molecule is CO[C@H]1C[C@H](C(=O)O)N(C(=O)C(NC(=O)OC(C)(C)C)C(C)(C)C)C1. The Morgan fingerprint density at radius 3 is 2.12 bits per heavy atom. The van der Waals surface area contributed by atoms with Gasteiger partial charge in [0, 0.05) is 20.1 Å². The number of methoxy groups -OCH3 is 1. The number of carbonyl (C=O) groups is 3. The summed E-state index contributed by atoms with van der Waals surface area (Å²) in [6.45, 7) is 10.8. The Labute approximate surface area is 148 Å². The zero-order valence-electron chi connectivity index (χ0n) is 16.1. The van der Waals surface area contributed by atoms with E-state index in [9.17, 15) is 19.5 Å². The van der Waals surface area contributed by atoms with Gasteiger partial charge in [-0.1, -0.05) is 20.8 Å². The van der Waals surface area contributed by atoms with Crippen LogP contribution in [0.4, 0.5) is 4.79 Å². The van der Waals surface area contributed by atoms with Crippen molar-refractivity contribution < 1.29 is 29.0 Å². The molecule has 1 aliphatic rings. The molecule has 1 unspecified atom stereocenters.